The van der Waals surface area contributed by atoms with Crippen LogP contribution >= 0.6 is 0 Å². The molecule has 0 heterocycles. The highest BCUT2D eigenvalue weighted by Gasteiger charge is 2.26. The predicted molar refractivity (Wildman–Crippen MR) is 201 cm³/mol. The molecule has 0 saturated heterocycles. The summed E-state index contributed by atoms with van der Waals surface area (Å²) in [5, 5.41) is 21.0. The van der Waals surface area contributed by atoms with Gasteiger partial charge in [-0.15, -0.1) is 0 Å². The van der Waals surface area contributed by atoms with Crippen LogP contribution in [0.25, 0.3) is 0 Å². The van der Waals surface area contributed by atoms with Crippen LogP contribution in [0.15, 0.2) is 24.3 Å². The van der Waals surface area contributed by atoms with Gasteiger partial charge in [-0.2, -0.15) is 0 Å². The Bertz CT molecular complexity index is 1310. The van der Waals surface area contributed by atoms with Crippen molar-refractivity contribution in [3.8, 4) is 11.5 Å². The Labute approximate surface area is 307 Å². The van der Waals surface area contributed by atoms with E-state index in [2.05, 4.69) is 62.3 Å². The Hall–Kier alpha value is -3.18. The number of ether oxygens (including phenoxy) is 6. The summed E-state index contributed by atoms with van der Waals surface area (Å²) in [6.07, 6.45) is 1.78. The Morgan fingerprint density at radius 2 is 0.863 bits per heavy atom. The molecule has 0 saturated carbocycles. The number of aromatic hydroxyl groups is 2. The summed E-state index contributed by atoms with van der Waals surface area (Å²) in [5.74, 6) is 0.206. The number of carbonyl (C=O) groups is 2. The van der Waals surface area contributed by atoms with Crippen LogP contribution in [0.3, 0.4) is 0 Å². The van der Waals surface area contributed by atoms with Crippen molar-refractivity contribution in [2.75, 3.05) is 67.1 Å². The summed E-state index contributed by atoms with van der Waals surface area (Å²) in [6.45, 7) is 23.8. The van der Waals surface area contributed by atoms with Gasteiger partial charge in [0.25, 0.3) is 0 Å². The summed E-state index contributed by atoms with van der Waals surface area (Å²) in [7, 11) is 3.22. The smallest absolute Gasteiger partial charge is 0.306 e. The van der Waals surface area contributed by atoms with Crippen molar-refractivity contribution >= 4 is 11.9 Å². The molecule has 2 rings (SSSR count). The summed E-state index contributed by atoms with van der Waals surface area (Å²) in [4.78, 5) is 23.8. The zero-order valence-corrected chi connectivity index (χ0v) is 33.5. The van der Waals surface area contributed by atoms with E-state index in [9.17, 15) is 19.8 Å². The molecule has 0 aliphatic heterocycles. The van der Waals surface area contributed by atoms with Crippen molar-refractivity contribution in [2.24, 2.45) is 0 Å². The fourth-order valence-corrected chi connectivity index (χ4v) is 5.11. The lowest BCUT2D eigenvalue weighted by molar-refractivity contribution is -0.146. The van der Waals surface area contributed by atoms with Gasteiger partial charge in [0, 0.05) is 27.1 Å². The van der Waals surface area contributed by atoms with E-state index >= 15 is 0 Å². The van der Waals surface area contributed by atoms with E-state index < -0.39 is 0 Å². The van der Waals surface area contributed by atoms with E-state index in [-0.39, 0.29) is 41.4 Å². The van der Waals surface area contributed by atoms with Crippen LogP contribution in [0.5, 0.6) is 11.5 Å². The molecule has 0 aromatic heterocycles. The number of rotatable bonds is 18. The molecule has 2 aromatic rings. The SMILES string of the molecule is COCCOCCOC(=O)CCc1cc(C(C)(C)C)c(O)c(C(C)(C)C)c1.COCCOCCOC(=O)CCc1cc(C)c(O)c(C(C)(C)C)c1. The fraction of sp³-hybridized carbons (Fsp3) is 0.659. The highest BCUT2D eigenvalue weighted by atomic mass is 16.6. The standard InChI is InChI=1S/C22H36O5.C19H30O5/c1-21(2,3)17-14-16(15-18(20(17)24)22(4,5)6)8-9-19(23)27-13-12-26-11-10-25-7;1-14-12-15(13-16(18(14)21)19(2,3)4)6-7-17(20)24-11-10-23-9-8-22-5/h14-15,24H,8-13H2,1-7H3;12-13,21H,6-11H2,1-5H3. The molecule has 0 unspecified atom stereocenters. The molecular weight excluding hydrogens is 652 g/mol. The second-order valence-corrected chi connectivity index (χ2v) is 15.7. The van der Waals surface area contributed by atoms with Crippen molar-refractivity contribution < 1.29 is 48.2 Å². The Morgan fingerprint density at radius 3 is 1.22 bits per heavy atom. The largest absolute Gasteiger partial charge is 0.507 e. The molecule has 0 radical (unpaired) electrons. The lowest BCUT2D eigenvalue weighted by Crippen LogP contribution is -2.18. The van der Waals surface area contributed by atoms with Gasteiger partial charge in [0.1, 0.15) is 24.7 Å². The van der Waals surface area contributed by atoms with Gasteiger partial charge in [-0.05, 0) is 69.4 Å². The lowest BCUT2D eigenvalue weighted by atomic mass is 9.78. The monoisotopic (exact) mass is 718 g/mol. The van der Waals surface area contributed by atoms with Crippen molar-refractivity contribution in [1.29, 1.82) is 0 Å². The van der Waals surface area contributed by atoms with Gasteiger partial charge < -0.3 is 38.6 Å². The van der Waals surface area contributed by atoms with E-state index in [1.54, 1.807) is 14.2 Å². The van der Waals surface area contributed by atoms with Gasteiger partial charge in [-0.25, -0.2) is 0 Å². The second kappa shape index (κ2) is 22.0. The highest BCUT2D eigenvalue weighted by molar-refractivity contribution is 5.70. The minimum absolute atomic E-state index is 0.148. The quantitative estimate of drug-likeness (QED) is 0.120. The van der Waals surface area contributed by atoms with Gasteiger partial charge >= 0.3 is 11.9 Å². The van der Waals surface area contributed by atoms with Crippen LogP contribution in [0.2, 0.25) is 0 Å². The third-order valence-electron chi connectivity index (χ3n) is 8.03. The minimum Gasteiger partial charge on any atom is -0.507 e. The predicted octanol–water partition coefficient (Wildman–Crippen LogP) is 7.26. The molecule has 0 atom stereocenters. The van der Waals surface area contributed by atoms with Gasteiger partial charge in [-0.1, -0.05) is 86.6 Å². The maximum absolute atomic E-state index is 12.0. The number of phenolic OH excluding ortho intramolecular Hbond substituents is 2. The third kappa shape index (κ3) is 17.7. The van der Waals surface area contributed by atoms with Crippen LogP contribution in [-0.4, -0.2) is 89.2 Å². The van der Waals surface area contributed by atoms with Crippen LogP contribution < -0.4 is 0 Å². The van der Waals surface area contributed by atoms with Crippen LogP contribution in [-0.2, 0) is 67.1 Å². The molecule has 0 spiro atoms. The molecule has 0 aliphatic carbocycles. The van der Waals surface area contributed by atoms with E-state index in [0.717, 1.165) is 33.4 Å². The zero-order valence-electron chi connectivity index (χ0n) is 33.5. The Balaban J connectivity index is 0.000000514. The number of hydrogen-bond acceptors (Lipinski definition) is 10. The molecule has 0 aliphatic rings. The second-order valence-electron chi connectivity index (χ2n) is 15.7. The van der Waals surface area contributed by atoms with E-state index in [1.165, 1.54) is 0 Å². The summed E-state index contributed by atoms with van der Waals surface area (Å²) >= 11 is 0. The highest BCUT2D eigenvalue weighted by Crippen LogP contribution is 2.40. The number of benzene rings is 2. The molecule has 0 bridgehead atoms. The molecule has 2 N–H and O–H groups in total. The average molecular weight is 719 g/mol. The number of phenols is 2. The van der Waals surface area contributed by atoms with Crippen molar-refractivity contribution in [2.45, 2.75) is 111 Å². The molecule has 0 fully saturated rings. The van der Waals surface area contributed by atoms with Crippen LogP contribution in [0.1, 0.15) is 109 Å². The van der Waals surface area contributed by atoms with Crippen LogP contribution in [0, 0.1) is 6.92 Å². The average Bonchev–Trinajstić information content (AvgIpc) is 3.03. The Morgan fingerprint density at radius 1 is 0.529 bits per heavy atom. The first-order valence-electron chi connectivity index (χ1n) is 17.9. The van der Waals surface area contributed by atoms with Gasteiger partial charge in [0.2, 0.25) is 0 Å². The number of hydrogen-bond donors (Lipinski definition) is 2. The number of methoxy groups -OCH3 is 2. The third-order valence-corrected chi connectivity index (χ3v) is 8.03. The van der Waals surface area contributed by atoms with E-state index in [0.29, 0.717) is 76.8 Å². The first kappa shape index (κ1) is 45.8. The zero-order chi connectivity index (χ0) is 38.8. The summed E-state index contributed by atoms with van der Waals surface area (Å²) < 4.78 is 30.6. The number of aryl methyl sites for hydroxylation is 3. The normalized spacial score (nSPS) is 11.9. The maximum Gasteiger partial charge on any atom is 0.306 e. The fourth-order valence-electron chi connectivity index (χ4n) is 5.11. The molecule has 290 valence electrons. The maximum atomic E-state index is 12.0. The first-order chi connectivity index (χ1) is 23.7. The van der Waals surface area contributed by atoms with Crippen molar-refractivity contribution in [3.63, 3.8) is 0 Å². The van der Waals surface area contributed by atoms with Gasteiger partial charge in [0.05, 0.1) is 39.6 Å². The molecule has 0 amide bonds. The first-order valence-corrected chi connectivity index (χ1v) is 17.9. The number of carbonyl (C=O) groups excluding carboxylic acids is 2. The number of esters is 2. The lowest BCUT2D eigenvalue weighted by Gasteiger charge is -2.28. The van der Waals surface area contributed by atoms with Crippen molar-refractivity contribution in [3.05, 3.63) is 57.6 Å². The van der Waals surface area contributed by atoms with E-state index in [1.807, 2.05) is 31.2 Å². The van der Waals surface area contributed by atoms with E-state index in [4.69, 9.17) is 28.4 Å². The molecular formula is C41H66O10. The van der Waals surface area contributed by atoms with Gasteiger partial charge in [-0.3, -0.25) is 9.59 Å². The molecule has 51 heavy (non-hydrogen) atoms. The summed E-state index contributed by atoms with van der Waals surface area (Å²) in [6, 6.07) is 7.91. The van der Waals surface area contributed by atoms with Gasteiger partial charge in [0.15, 0.2) is 0 Å². The van der Waals surface area contributed by atoms with Crippen LogP contribution in [0.4, 0.5) is 0 Å². The summed E-state index contributed by atoms with van der Waals surface area (Å²) in [5.41, 5.74) is 5.11. The molecule has 2 aromatic carbocycles. The Kier molecular flexibility index (Phi) is 19.8. The van der Waals surface area contributed by atoms with Crippen molar-refractivity contribution in [1.82, 2.24) is 0 Å². The topological polar surface area (TPSA) is 130 Å². The molecule has 10 nitrogen and oxygen atoms in total. The minimum atomic E-state index is -0.243. The molecule has 10 heteroatoms.